The Balaban J connectivity index is 1.71. The monoisotopic (exact) mass is 224 g/mol. The van der Waals surface area contributed by atoms with Crippen molar-refractivity contribution in [1.29, 1.82) is 0 Å². The van der Waals surface area contributed by atoms with Gasteiger partial charge in [0.1, 0.15) is 12.4 Å². The van der Waals surface area contributed by atoms with E-state index < -0.39 is 5.97 Å². The van der Waals surface area contributed by atoms with Crippen LogP contribution in [0.1, 0.15) is 31.4 Å². The molecule has 0 atom stereocenters. The van der Waals surface area contributed by atoms with Gasteiger partial charge in [-0.1, -0.05) is 0 Å². The van der Waals surface area contributed by atoms with Crippen LogP contribution in [-0.2, 0) is 16.1 Å². The summed E-state index contributed by atoms with van der Waals surface area (Å²) in [6.07, 6.45) is 4.91. The Morgan fingerprint density at radius 3 is 2.75 bits per heavy atom. The van der Waals surface area contributed by atoms with Crippen molar-refractivity contribution in [2.75, 3.05) is 0 Å². The van der Waals surface area contributed by atoms with Crippen molar-refractivity contribution >= 4 is 5.97 Å². The van der Waals surface area contributed by atoms with Gasteiger partial charge in [-0.2, -0.15) is 0 Å². The summed E-state index contributed by atoms with van der Waals surface area (Å²) < 4.78 is 10.8. The van der Waals surface area contributed by atoms with Gasteiger partial charge in [-0.3, -0.25) is 4.79 Å². The lowest BCUT2D eigenvalue weighted by Gasteiger charge is -2.25. The molecule has 2 rings (SSSR count). The Morgan fingerprint density at radius 1 is 1.44 bits per heavy atom. The van der Waals surface area contributed by atoms with Crippen LogP contribution in [0.5, 0.6) is 0 Å². The number of rotatable bonds is 4. The van der Waals surface area contributed by atoms with Gasteiger partial charge in [-0.15, -0.1) is 0 Å². The molecule has 16 heavy (non-hydrogen) atoms. The summed E-state index contributed by atoms with van der Waals surface area (Å²) in [7, 11) is 0. The van der Waals surface area contributed by atoms with Crippen LogP contribution in [0.4, 0.5) is 0 Å². The first kappa shape index (κ1) is 11.2. The van der Waals surface area contributed by atoms with Gasteiger partial charge in [0.15, 0.2) is 0 Å². The largest absolute Gasteiger partial charge is 0.481 e. The standard InChI is InChI=1S/C12H16O4/c13-12(14)9-3-5-10(6-4-9)16-8-11-2-1-7-15-11/h1-2,7,9-10H,3-6,8H2,(H,13,14). The number of ether oxygens (including phenoxy) is 1. The lowest BCUT2D eigenvalue weighted by Crippen LogP contribution is -2.25. The summed E-state index contributed by atoms with van der Waals surface area (Å²) in [5.41, 5.74) is 0. The second kappa shape index (κ2) is 5.16. The number of hydrogen-bond donors (Lipinski definition) is 1. The first-order chi connectivity index (χ1) is 7.75. The van der Waals surface area contributed by atoms with Gasteiger partial charge >= 0.3 is 5.97 Å². The average molecular weight is 224 g/mol. The van der Waals surface area contributed by atoms with E-state index in [9.17, 15) is 4.79 Å². The van der Waals surface area contributed by atoms with Gasteiger partial charge in [0.05, 0.1) is 18.3 Å². The maximum Gasteiger partial charge on any atom is 0.306 e. The normalized spacial score (nSPS) is 25.5. The number of carbonyl (C=O) groups is 1. The molecule has 0 amide bonds. The number of aliphatic carboxylic acids is 1. The molecular weight excluding hydrogens is 208 g/mol. The van der Waals surface area contributed by atoms with Crippen LogP contribution >= 0.6 is 0 Å². The molecule has 4 nitrogen and oxygen atoms in total. The summed E-state index contributed by atoms with van der Waals surface area (Å²) in [4.78, 5) is 10.7. The Bertz CT molecular complexity index is 323. The quantitative estimate of drug-likeness (QED) is 0.853. The predicted molar refractivity (Wildman–Crippen MR) is 56.9 cm³/mol. The van der Waals surface area contributed by atoms with Crippen molar-refractivity contribution in [2.45, 2.75) is 38.4 Å². The number of carboxylic acid groups (broad SMARTS) is 1. The third-order valence-electron chi connectivity index (χ3n) is 3.06. The minimum Gasteiger partial charge on any atom is -0.481 e. The summed E-state index contributed by atoms with van der Waals surface area (Å²) in [6.45, 7) is 0.482. The van der Waals surface area contributed by atoms with Crippen molar-refractivity contribution in [3.63, 3.8) is 0 Å². The third-order valence-corrected chi connectivity index (χ3v) is 3.06. The first-order valence-corrected chi connectivity index (χ1v) is 5.62. The zero-order valence-electron chi connectivity index (χ0n) is 9.09. The number of furan rings is 1. The zero-order valence-corrected chi connectivity index (χ0v) is 9.09. The molecule has 88 valence electrons. The van der Waals surface area contributed by atoms with Crippen LogP contribution in [0.25, 0.3) is 0 Å². The van der Waals surface area contributed by atoms with E-state index in [1.807, 2.05) is 12.1 Å². The van der Waals surface area contributed by atoms with E-state index in [0.29, 0.717) is 6.61 Å². The molecule has 1 heterocycles. The molecule has 0 aliphatic heterocycles. The third kappa shape index (κ3) is 2.85. The second-order valence-corrected chi connectivity index (χ2v) is 4.20. The van der Waals surface area contributed by atoms with E-state index in [-0.39, 0.29) is 12.0 Å². The minimum absolute atomic E-state index is 0.177. The molecular formula is C12H16O4. The van der Waals surface area contributed by atoms with Gasteiger partial charge in [-0.25, -0.2) is 0 Å². The van der Waals surface area contributed by atoms with Crippen LogP contribution in [0, 0.1) is 5.92 Å². The van der Waals surface area contributed by atoms with E-state index >= 15 is 0 Å². The number of carboxylic acids is 1. The summed E-state index contributed by atoms with van der Waals surface area (Å²) >= 11 is 0. The smallest absolute Gasteiger partial charge is 0.306 e. The van der Waals surface area contributed by atoms with Crippen LogP contribution in [-0.4, -0.2) is 17.2 Å². The van der Waals surface area contributed by atoms with Crippen LogP contribution < -0.4 is 0 Å². The fraction of sp³-hybridized carbons (Fsp3) is 0.583. The van der Waals surface area contributed by atoms with E-state index in [1.54, 1.807) is 6.26 Å². The average Bonchev–Trinajstić information content (AvgIpc) is 2.80. The zero-order chi connectivity index (χ0) is 11.4. The van der Waals surface area contributed by atoms with E-state index in [0.717, 1.165) is 31.4 Å². The van der Waals surface area contributed by atoms with Gasteiger partial charge < -0.3 is 14.3 Å². The molecule has 0 saturated heterocycles. The lowest BCUT2D eigenvalue weighted by atomic mass is 9.87. The van der Waals surface area contributed by atoms with E-state index in [1.165, 1.54) is 0 Å². The van der Waals surface area contributed by atoms with Crippen molar-refractivity contribution in [2.24, 2.45) is 5.92 Å². The highest BCUT2D eigenvalue weighted by Crippen LogP contribution is 2.26. The van der Waals surface area contributed by atoms with Gasteiger partial charge in [0.25, 0.3) is 0 Å². The molecule has 1 aliphatic carbocycles. The van der Waals surface area contributed by atoms with Gasteiger partial charge in [0.2, 0.25) is 0 Å². The highest BCUT2D eigenvalue weighted by Gasteiger charge is 2.26. The summed E-state index contributed by atoms with van der Waals surface area (Å²) in [6, 6.07) is 3.71. The second-order valence-electron chi connectivity index (χ2n) is 4.20. The van der Waals surface area contributed by atoms with Gasteiger partial charge in [-0.05, 0) is 37.8 Å². The lowest BCUT2D eigenvalue weighted by molar-refractivity contribution is -0.144. The fourth-order valence-electron chi connectivity index (χ4n) is 2.07. The van der Waals surface area contributed by atoms with Gasteiger partial charge in [0, 0.05) is 0 Å². The summed E-state index contributed by atoms with van der Waals surface area (Å²) in [5, 5.41) is 8.85. The Morgan fingerprint density at radius 2 is 2.19 bits per heavy atom. The Kier molecular flexibility index (Phi) is 3.62. The topological polar surface area (TPSA) is 59.7 Å². The molecule has 1 N–H and O–H groups in total. The maximum atomic E-state index is 10.7. The first-order valence-electron chi connectivity index (χ1n) is 5.62. The highest BCUT2D eigenvalue weighted by molar-refractivity contribution is 5.70. The SMILES string of the molecule is O=C(O)C1CCC(OCc2ccco2)CC1. The van der Waals surface area contributed by atoms with Crippen molar-refractivity contribution in [3.8, 4) is 0 Å². The molecule has 1 aliphatic rings. The van der Waals surface area contributed by atoms with Crippen LogP contribution in [0.2, 0.25) is 0 Å². The van der Waals surface area contributed by atoms with Crippen molar-refractivity contribution < 1.29 is 19.1 Å². The van der Waals surface area contributed by atoms with Crippen LogP contribution in [0.15, 0.2) is 22.8 Å². The molecule has 0 aromatic carbocycles. The maximum absolute atomic E-state index is 10.7. The summed E-state index contributed by atoms with van der Waals surface area (Å²) in [5.74, 6) is -0.0340. The van der Waals surface area contributed by atoms with Crippen molar-refractivity contribution in [1.82, 2.24) is 0 Å². The molecule has 4 heteroatoms. The Hall–Kier alpha value is -1.29. The molecule has 0 unspecified atom stereocenters. The van der Waals surface area contributed by atoms with Crippen molar-refractivity contribution in [3.05, 3.63) is 24.2 Å². The minimum atomic E-state index is -0.676. The van der Waals surface area contributed by atoms with E-state index in [2.05, 4.69) is 0 Å². The molecule has 1 fully saturated rings. The highest BCUT2D eigenvalue weighted by atomic mass is 16.5. The van der Waals surface area contributed by atoms with Crippen LogP contribution in [0.3, 0.4) is 0 Å². The number of hydrogen-bond acceptors (Lipinski definition) is 3. The Labute approximate surface area is 94.2 Å². The predicted octanol–water partition coefficient (Wildman–Crippen LogP) is 2.44. The molecule has 0 radical (unpaired) electrons. The molecule has 1 saturated carbocycles. The molecule has 1 aromatic rings. The fourth-order valence-corrected chi connectivity index (χ4v) is 2.07. The molecule has 0 bridgehead atoms. The molecule has 1 aromatic heterocycles. The van der Waals surface area contributed by atoms with E-state index in [4.69, 9.17) is 14.3 Å². The molecule has 0 spiro atoms.